The largest absolute Gasteiger partial charge is 0.508 e. The van der Waals surface area contributed by atoms with Crippen LogP contribution in [-0.4, -0.2) is 86.0 Å². The first kappa shape index (κ1) is 28.6. The monoisotopic (exact) mass is 573 g/mol. The molecular formula is C29H36ClN3O7. The van der Waals surface area contributed by atoms with Crippen molar-refractivity contribution in [3.63, 3.8) is 0 Å². The fourth-order valence-electron chi connectivity index (χ4n) is 6.77. The number of fused-ring (bicyclic) bond motifs is 3. The van der Waals surface area contributed by atoms with Gasteiger partial charge in [0.15, 0.2) is 11.4 Å². The second-order valence-electron chi connectivity index (χ2n) is 12.2. The number of nitrogens with zero attached hydrogens (tertiary/aromatic N) is 2. The number of amides is 1. The van der Waals surface area contributed by atoms with E-state index in [9.17, 15) is 34.8 Å². The van der Waals surface area contributed by atoms with E-state index in [2.05, 4.69) is 18.7 Å². The van der Waals surface area contributed by atoms with Crippen LogP contribution in [0.3, 0.4) is 0 Å². The number of hydrogen-bond acceptors (Lipinski definition) is 9. The topological polar surface area (TPSA) is 165 Å². The fraction of sp³-hybridized carbons (Fsp3) is 0.552. The Morgan fingerprint density at radius 1 is 1.20 bits per heavy atom. The average Bonchev–Trinajstić information content (AvgIpc) is 3.67. The van der Waals surface area contributed by atoms with Crippen molar-refractivity contribution < 1.29 is 34.8 Å². The van der Waals surface area contributed by atoms with E-state index in [1.54, 1.807) is 14.1 Å². The van der Waals surface area contributed by atoms with Gasteiger partial charge < -0.3 is 26.2 Å². The van der Waals surface area contributed by atoms with Crippen molar-refractivity contribution in [2.75, 3.05) is 20.6 Å². The lowest BCUT2D eigenvalue weighted by atomic mass is 9.57. The lowest BCUT2D eigenvalue weighted by Gasteiger charge is -2.50. The van der Waals surface area contributed by atoms with Gasteiger partial charge in [-0.25, -0.2) is 0 Å². The molecule has 40 heavy (non-hydrogen) atoms. The smallest absolute Gasteiger partial charge is 0.255 e. The van der Waals surface area contributed by atoms with Crippen LogP contribution in [0.4, 0.5) is 0 Å². The molecule has 11 heteroatoms. The second-order valence-corrected chi connectivity index (χ2v) is 12.5. The molecule has 0 aliphatic heterocycles. The molecular weight excluding hydrogens is 538 g/mol. The first-order valence-corrected chi connectivity index (χ1v) is 14.0. The predicted octanol–water partition coefficient (Wildman–Crippen LogP) is 2.24. The number of phenols is 1. The molecule has 10 nitrogen and oxygen atoms in total. The average molecular weight is 574 g/mol. The molecule has 0 radical (unpaired) electrons. The lowest BCUT2D eigenvalue weighted by Crippen LogP contribution is -2.65. The first-order valence-electron chi connectivity index (χ1n) is 13.6. The molecule has 1 unspecified atom stereocenters. The zero-order valence-corrected chi connectivity index (χ0v) is 23.8. The molecule has 6 N–H and O–H groups in total. The summed E-state index contributed by atoms with van der Waals surface area (Å²) in [5.74, 6) is -6.13. The van der Waals surface area contributed by atoms with E-state index in [1.165, 1.54) is 23.8 Å². The number of rotatable bonds is 7. The minimum absolute atomic E-state index is 0.00308. The predicted molar refractivity (Wildman–Crippen MR) is 148 cm³/mol. The number of aromatic hydroxyl groups is 1. The van der Waals surface area contributed by atoms with Crippen LogP contribution in [0.5, 0.6) is 5.75 Å². The maximum atomic E-state index is 13.9. The summed E-state index contributed by atoms with van der Waals surface area (Å²) in [5.41, 5.74) is 2.86. The zero-order valence-electron chi connectivity index (χ0n) is 23.1. The van der Waals surface area contributed by atoms with E-state index < -0.39 is 58.0 Å². The Bertz CT molecular complexity index is 1380. The summed E-state index contributed by atoms with van der Waals surface area (Å²) in [4.78, 5) is 43.0. The molecule has 1 amide bonds. The summed E-state index contributed by atoms with van der Waals surface area (Å²) < 4.78 is 0. The van der Waals surface area contributed by atoms with Crippen LogP contribution in [0.15, 0.2) is 23.0 Å². The summed E-state index contributed by atoms with van der Waals surface area (Å²) in [7, 11) is 3.13. The molecule has 0 heterocycles. The van der Waals surface area contributed by atoms with Gasteiger partial charge in [-0.15, -0.1) is 0 Å². The molecule has 0 aromatic heterocycles. The molecule has 4 aliphatic carbocycles. The highest BCUT2D eigenvalue weighted by Gasteiger charge is 2.64. The molecule has 0 bridgehead atoms. The number of ketones is 2. The Morgan fingerprint density at radius 3 is 2.40 bits per heavy atom. The Kier molecular flexibility index (Phi) is 7.06. The SMILES string of the molecule is CC(C)N(Cc1cc(O)c2c(c1Cl)C[C@H]1C[C@H]3[C@H](N(C)C)C(=O)C(C(N)=O)=C(O)C3(O)C(=O)C1=C2O)CC1CC1. The minimum atomic E-state index is -2.66. The molecule has 1 aromatic rings. The summed E-state index contributed by atoms with van der Waals surface area (Å²) in [6.45, 7) is 5.63. The minimum Gasteiger partial charge on any atom is -0.508 e. The summed E-state index contributed by atoms with van der Waals surface area (Å²) >= 11 is 6.91. The Labute approximate surface area is 237 Å². The number of primary amides is 1. The number of carbonyl (C=O) groups is 3. The maximum Gasteiger partial charge on any atom is 0.255 e. The van der Waals surface area contributed by atoms with Gasteiger partial charge in [0.05, 0.1) is 11.6 Å². The number of aliphatic hydroxyl groups excluding tert-OH is 2. The number of benzene rings is 1. The number of halogens is 1. The van der Waals surface area contributed by atoms with E-state index in [4.69, 9.17) is 17.3 Å². The van der Waals surface area contributed by atoms with E-state index in [0.29, 0.717) is 28.6 Å². The fourth-order valence-corrected chi connectivity index (χ4v) is 7.06. The van der Waals surface area contributed by atoms with Gasteiger partial charge in [-0.05, 0) is 82.7 Å². The number of Topliss-reactive ketones (excluding diaryl/α,β-unsaturated/α-hetero) is 2. The Hall–Kier alpha value is -2.92. The number of nitrogens with two attached hydrogens (primary N) is 1. The highest BCUT2D eigenvalue weighted by molar-refractivity contribution is 6.32. The normalized spacial score (nSPS) is 28.4. The van der Waals surface area contributed by atoms with E-state index in [1.807, 2.05) is 0 Å². The number of likely N-dealkylation sites (N-methyl/N-ethyl adjacent to an activating group) is 1. The highest BCUT2D eigenvalue weighted by atomic mass is 35.5. The molecule has 1 aromatic carbocycles. The summed E-state index contributed by atoms with van der Waals surface area (Å²) in [5, 5.41) is 45.4. The second kappa shape index (κ2) is 9.87. The van der Waals surface area contributed by atoms with Gasteiger partial charge in [0.1, 0.15) is 22.8 Å². The van der Waals surface area contributed by atoms with Gasteiger partial charge in [0, 0.05) is 35.6 Å². The first-order chi connectivity index (χ1) is 18.7. The number of hydrogen-bond donors (Lipinski definition) is 5. The van der Waals surface area contributed by atoms with Gasteiger partial charge >= 0.3 is 0 Å². The molecule has 2 saturated carbocycles. The van der Waals surface area contributed by atoms with Crippen molar-refractivity contribution in [2.45, 2.75) is 63.8 Å². The van der Waals surface area contributed by atoms with Crippen LogP contribution in [0.25, 0.3) is 5.76 Å². The molecule has 4 aliphatic rings. The van der Waals surface area contributed by atoms with Gasteiger partial charge in [0.25, 0.3) is 5.91 Å². The van der Waals surface area contributed by atoms with Crippen LogP contribution < -0.4 is 5.73 Å². The molecule has 4 atom stereocenters. The third-order valence-corrected chi connectivity index (χ3v) is 9.49. The maximum absolute atomic E-state index is 13.9. The molecule has 0 spiro atoms. The van der Waals surface area contributed by atoms with Gasteiger partial charge in [0.2, 0.25) is 5.78 Å². The van der Waals surface area contributed by atoms with Gasteiger partial charge in [-0.2, -0.15) is 0 Å². The summed E-state index contributed by atoms with van der Waals surface area (Å²) in [6, 6.07) is 0.617. The van der Waals surface area contributed by atoms with Crippen LogP contribution in [-0.2, 0) is 27.3 Å². The summed E-state index contributed by atoms with van der Waals surface area (Å²) in [6.07, 6.45) is 2.57. The third kappa shape index (κ3) is 4.24. The number of phenolic OH excluding ortho intramolecular Hbond substituents is 1. The highest BCUT2D eigenvalue weighted by Crippen LogP contribution is 2.53. The van der Waals surface area contributed by atoms with Crippen LogP contribution in [0, 0.1) is 17.8 Å². The van der Waals surface area contributed by atoms with Gasteiger partial charge in [-0.3, -0.25) is 24.2 Å². The van der Waals surface area contributed by atoms with Crippen LogP contribution >= 0.6 is 11.6 Å². The van der Waals surface area contributed by atoms with Crippen LogP contribution in [0.2, 0.25) is 5.02 Å². The number of aliphatic hydroxyl groups is 3. The van der Waals surface area contributed by atoms with E-state index in [-0.39, 0.29) is 35.8 Å². The lowest BCUT2D eigenvalue weighted by molar-refractivity contribution is -0.153. The third-order valence-electron chi connectivity index (χ3n) is 9.02. The van der Waals surface area contributed by atoms with Crippen molar-refractivity contribution >= 4 is 34.8 Å². The quantitative estimate of drug-likeness (QED) is 0.308. The zero-order chi connectivity index (χ0) is 29.4. The van der Waals surface area contributed by atoms with Crippen molar-refractivity contribution in [3.05, 3.63) is 44.7 Å². The van der Waals surface area contributed by atoms with E-state index >= 15 is 0 Å². The van der Waals surface area contributed by atoms with Crippen molar-refractivity contribution in [2.24, 2.45) is 23.5 Å². The number of carbonyl (C=O) groups excluding carboxylic acids is 3. The van der Waals surface area contributed by atoms with E-state index in [0.717, 1.165) is 6.54 Å². The molecule has 5 rings (SSSR count). The van der Waals surface area contributed by atoms with Crippen molar-refractivity contribution in [1.29, 1.82) is 0 Å². The van der Waals surface area contributed by atoms with Crippen molar-refractivity contribution in [1.82, 2.24) is 9.80 Å². The van der Waals surface area contributed by atoms with Crippen molar-refractivity contribution in [3.8, 4) is 5.75 Å². The standard InChI is InChI=1S/C29H36ClN3O7/c1-12(2)33(10-13-5-6-13)11-15-9-18(34)20-16(22(15)30)7-14-8-17-23(32(3)4)25(36)21(28(31)39)27(38)29(17,40)26(37)19(14)24(20)35/h9,12-14,17,23,34-35,38,40H,5-8,10-11H2,1-4H3,(H2,31,39)/t14-,17-,23-,29?/m0/s1. The Balaban J connectivity index is 1.62. The Morgan fingerprint density at radius 2 is 1.85 bits per heavy atom. The molecule has 0 saturated heterocycles. The molecule has 216 valence electrons. The molecule has 2 fully saturated rings. The van der Waals surface area contributed by atoms with Crippen LogP contribution in [0.1, 0.15) is 49.8 Å². The van der Waals surface area contributed by atoms with Gasteiger partial charge in [-0.1, -0.05) is 11.6 Å².